The van der Waals surface area contributed by atoms with E-state index in [0.717, 1.165) is 11.3 Å². The third-order valence-electron chi connectivity index (χ3n) is 4.73. The molecule has 0 aliphatic rings. The second-order valence-electron chi connectivity index (χ2n) is 7.36. The van der Waals surface area contributed by atoms with E-state index in [1.165, 1.54) is 24.8 Å². The number of phenolic OH excluding ortho intramolecular Hbond substituents is 1. The zero-order chi connectivity index (χ0) is 23.7. The number of thioether (sulfide) groups is 1. The molecule has 2 aromatic rings. The molecule has 0 fully saturated rings. The molecule has 172 valence electrons. The van der Waals surface area contributed by atoms with Gasteiger partial charge in [0.05, 0.1) is 18.1 Å². The summed E-state index contributed by atoms with van der Waals surface area (Å²) in [6, 6.07) is 9.96. The molecule has 8 heteroatoms. The summed E-state index contributed by atoms with van der Waals surface area (Å²) in [5.74, 6) is -0.723. The maximum atomic E-state index is 11.9. The molecule has 0 saturated heterocycles. The van der Waals surface area contributed by atoms with Gasteiger partial charge < -0.3 is 20.1 Å². The highest BCUT2D eigenvalue weighted by atomic mass is 32.2. The van der Waals surface area contributed by atoms with Crippen LogP contribution in [0.15, 0.2) is 41.3 Å². The van der Waals surface area contributed by atoms with Gasteiger partial charge in [0, 0.05) is 28.2 Å². The molecular formula is C24H28O7S. The van der Waals surface area contributed by atoms with Crippen LogP contribution in [0.25, 0.3) is 0 Å². The van der Waals surface area contributed by atoms with Gasteiger partial charge in [-0.05, 0) is 37.6 Å². The molecule has 1 unspecified atom stereocenters. The summed E-state index contributed by atoms with van der Waals surface area (Å²) < 4.78 is 5.73. The molecule has 1 atom stereocenters. The predicted molar refractivity (Wildman–Crippen MR) is 122 cm³/mol. The van der Waals surface area contributed by atoms with E-state index in [9.17, 15) is 24.6 Å². The van der Waals surface area contributed by atoms with Gasteiger partial charge in [-0.3, -0.25) is 14.4 Å². The number of Topliss-reactive ketones (excluding diaryl/α,β-unsaturated/α-hetero) is 2. The number of benzene rings is 2. The summed E-state index contributed by atoms with van der Waals surface area (Å²) in [6.45, 7) is 3.37. The number of carboxylic acids is 1. The largest absolute Gasteiger partial charge is 0.507 e. The Kier molecular flexibility index (Phi) is 9.74. The average molecular weight is 461 g/mol. The molecule has 0 amide bonds. The van der Waals surface area contributed by atoms with Crippen LogP contribution in [-0.4, -0.2) is 51.3 Å². The van der Waals surface area contributed by atoms with E-state index in [-0.39, 0.29) is 42.3 Å². The molecule has 0 bridgehead atoms. The van der Waals surface area contributed by atoms with Gasteiger partial charge in [-0.1, -0.05) is 25.5 Å². The molecule has 2 aromatic carbocycles. The maximum absolute atomic E-state index is 11.9. The lowest BCUT2D eigenvalue weighted by molar-refractivity contribution is -0.136. The number of aliphatic hydroxyl groups is 1. The van der Waals surface area contributed by atoms with Crippen LogP contribution < -0.4 is 4.74 Å². The Morgan fingerprint density at radius 1 is 1.06 bits per heavy atom. The van der Waals surface area contributed by atoms with E-state index in [2.05, 4.69) is 0 Å². The number of rotatable bonds is 13. The minimum Gasteiger partial charge on any atom is -0.507 e. The summed E-state index contributed by atoms with van der Waals surface area (Å²) in [7, 11) is 0. The summed E-state index contributed by atoms with van der Waals surface area (Å²) in [6.07, 6.45) is 0.293. The van der Waals surface area contributed by atoms with Crippen LogP contribution in [0.3, 0.4) is 0 Å². The first-order valence-electron chi connectivity index (χ1n) is 10.4. The summed E-state index contributed by atoms with van der Waals surface area (Å²) >= 11 is 1.40. The summed E-state index contributed by atoms with van der Waals surface area (Å²) in [5, 5.41) is 29.4. The van der Waals surface area contributed by atoms with Gasteiger partial charge in [-0.15, -0.1) is 11.8 Å². The number of carboxylic acid groups (broad SMARTS) is 1. The lowest BCUT2D eigenvalue weighted by atomic mass is 10.0. The van der Waals surface area contributed by atoms with Gasteiger partial charge in [0.15, 0.2) is 11.6 Å². The van der Waals surface area contributed by atoms with Crippen molar-refractivity contribution in [2.45, 2.75) is 50.5 Å². The quantitative estimate of drug-likeness (QED) is 0.301. The highest BCUT2D eigenvalue weighted by Crippen LogP contribution is 2.33. The standard InChI is InChI=1S/C24H28O7S/c1-3-4-20-22(11-9-19(15(2)25)24(20)30)31-13-17(26)14-32-18-7-5-16(6-8-18)21(27)10-12-23(28)29/h5-9,11,17,26,30H,3-4,10,12-14H2,1-2H3,(H,28,29). The smallest absolute Gasteiger partial charge is 0.303 e. The predicted octanol–water partition coefficient (Wildman–Crippen LogP) is 4.13. The average Bonchev–Trinajstić information content (AvgIpc) is 2.76. The van der Waals surface area contributed by atoms with Gasteiger partial charge in [0.1, 0.15) is 18.1 Å². The van der Waals surface area contributed by atoms with E-state index in [4.69, 9.17) is 9.84 Å². The van der Waals surface area contributed by atoms with E-state index < -0.39 is 12.1 Å². The van der Waals surface area contributed by atoms with Crippen molar-refractivity contribution >= 4 is 29.3 Å². The Labute approximate surface area is 191 Å². The molecule has 7 nitrogen and oxygen atoms in total. The highest BCUT2D eigenvalue weighted by Gasteiger charge is 2.17. The van der Waals surface area contributed by atoms with Crippen LogP contribution in [0.1, 0.15) is 59.4 Å². The van der Waals surface area contributed by atoms with Crippen molar-refractivity contribution in [1.29, 1.82) is 0 Å². The number of carbonyl (C=O) groups is 3. The van der Waals surface area contributed by atoms with Crippen molar-refractivity contribution in [3.05, 3.63) is 53.1 Å². The SMILES string of the molecule is CCCc1c(OCC(O)CSc2ccc(C(=O)CCC(=O)O)cc2)ccc(C(C)=O)c1O. The Hall–Kier alpha value is -2.84. The normalized spacial score (nSPS) is 11.7. The van der Waals surface area contributed by atoms with Gasteiger partial charge in [-0.2, -0.15) is 0 Å². The van der Waals surface area contributed by atoms with Crippen LogP contribution in [0, 0.1) is 0 Å². The number of hydrogen-bond donors (Lipinski definition) is 3. The summed E-state index contributed by atoms with van der Waals surface area (Å²) in [5.41, 5.74) is 1.27. The van der Waals surface area contributed by atoms with Crippen molar-refractivity contribution in [1.82, 2.24) is 0 Å². The van der Waals surface area contributed by atoms with E-state index in [0.29, 0.717) is 29.1 Å². The fourth-order valence-electron chi connectivity index (χ4n) is 3.06. The molecule has 0 aliphatic heterocycles. The lowest BCUT2D eigenvalue weighted by Crippen LogP contribution is -2.20. The molecule has 32 heavy (non-hydrogen) atoms. The Bertz CT molecular complexity index is 954. The number of hydrogen-bond acceptors (Lipinski definition) is 7. The monoisotopic (exact) mass is 460 g/mol. The lowest BCUT2D eigenvalue weighted by Gasteiger charge is -2.17. The molecule has 0 spiro atoms. The third kappa shape index (κ3) is 7.39. The van der Waals surface area contributed by atoms with Crippen molar-refractivity contribution < 1.29 is 34.4 Å². The first-order chi connectivity index (χ1) is 15.2. The molecule has 0 radical (unpaired) electrons. The van der Waals surface area contributed by atoms with Gasteiger partial charge in [-0.25, -0.2) is 0 Å². The van der Waals surface area contributed by atoms with Crippen molar-refractivity contribution in [3.63, 3.8) is 0 Å². The first-order valence-corrected chi connectivity index (χ1v) is 11.4. The number of phenols is 1. The number of ether oxygens (including phenoxy) is 1. The van der Waals surface area contributed by atoms with Crippen LogP contribution >= 0.6 is 11.8 Å². The van der Waals surface area contributed by atoms with Crippen LogP contribution in [0.4, 0.5) is 0 Å². The number of aliphatic hydroxyl groups excluding tert-OH is 1. The number of aliphatic carboxylic acids is 1. The van der Waals surface area contributed by atoms with Gasteiger partial charge in [0.2, 0.25) is 0 Å². The summed E-state index contributed by atoms with van der Waals surface area (Å²) in [4.78, 5) is 35.0. The van der Waals surface area contributed by atoms with E-state index >= 15 is 0 Å². The zero-order valence-electron chi connectivity index (χ0n) is 18.2. The minimum absolute atomic E-state index is 0.0222. The van der Waals surface area contributed by atoms with Gasteiger partial charge >= 0.3 is 5.97 Å². The van der Waals surface area contributed by atoms with Crippen LogP contribution in [-0.2, 0) is 11.2 Å². The Balaban J connectivity index is 1.90. The Morgan fingerprint density at radius 3 is 2.34 bits per heavy atom. The van der Waals surface area contributed by atoms with Gasteiger partial charge in [0.25, 0.3) is 0 Å². The highest BCUT2D eigenvalue weighted by molar-refractivity contribution is 7.99. The van der Waals surface area contributed by atoms with E-state index in [1.807, 2.05) is 6.92 Å². The molecule has 0 saturated carbocycles. The number of ketones is 2. The Morgan fingerprint density at radius 2 is 1.75 bits per heavy atom. The third-order valence-corrected chi connectivity index (χ3v) is 5.89. The van der Waals surface area contributed by atoms with Crippen LogP contribution in [0.2, 0.25) is 0 Å². The molecule has 0 aromatic heterocycles. The minimum atomic E-state index is -1.01. The van der Waals surface area contributed by atoms with Crippen molar-refractivity contribution in [2.75, 3.05) is 12.4 Å². The molecule has 3 N–H and O–H groups in total. The fraction of sp³-hybridized carbons (Fsp3) is 0.375. The van der Waals surface area contributed by atoms with E-state index in [1.54, 1.807) is 30.3 Å². The molecule has 0 aliphatic carbocycles. The zero-order valence-corrected chi connectivity index (χ0v) is 19.0. The number of aromatic hydroxyl groups is 1. The van der Waals surface area contributed by atoms with Crippen LogP contribution in [0.5, 0.6) is 11.5 Å². The second-order valence-corrected chi connectivity index (χ2v) is 8.46. The second kappa shape index (κ2) is 12.3. The number of carbonyl (C=O) groups excluding carboxylic acids is 2. The maximum Gasteiger partial charge on any atom is 0.303 e. The van der Waals surface area contributed by atoms with Crippen molar-refractivity contribution in [3.8, 4) is 11.5 Å². The first kappa shape index (κ1) is 25.4. The topological polar surface area (TPSA) is 121 Å². The molecular weight excluding hydrogens is 432 g/mol. The van der Waals surface area contributed by atoms with Crippen molar-refractivity contribution in [2.24, 2.45) is 0 Å². The fourth-order valence-corrected chi connectivity index (χ4v) is 3.87. The molecule has 0 heterocycles. The molecule has 2 rings (SSSR count).